The molecule has 0 spiro atoms. The van der Waals surface area contributed by atoms with Crippen molar-refractivity contribution in [3.63, 3.8) is 0 Å². The third-order valence-corrected chi connectivity index (χ3v) is 6.52. The van der Waals surface area contributed by atoms with Crippen LogP contribution in [0.4, 0.5) is 0 Å². The summed E-state index contributed by atoms with van der Waals surface area (Å²) in [7, 11) is -0.806. The molecule has 1 atom stereocenters. The highest BCUT2D eigenvalue weighted by molar-refractivity contribution is 14.1. The molecule has 0 aliphatic carbocycles. The minimum absolute atomic E-state index is 0.758. The van der Waals surface area contributed by atoms with E-state index >= 15 is 0 Å². The lowest BCUT2D eigenvalue weighted by molar-refractivity contribution is 0.485. The average molecular weight is 397 g/mol. The average Bonchev–Trinajstić information content (AvgIpc) is 2.34. The van der Waals surface area contributed by atoms with Crippen molar-refractivity contribution in [2.45, 2.75) is 103 Å². The number of rotatable bonds is 13. The summed E-state index contributed by atoms with van der Waals surface area (Å²) in [5.41, 5.74) is 0. The Balaban J connectivity index is 3.45. The van der Waals surface area contributed by atoms with Crippen LogP contribution in [0.25, 0.3) is 0 Å². The molecule has 0 radical (unpaired) electrons. The second-order valence-corrected chi connectivity index (χ2v) is 13.4. The monoisotopic (exact) mass is 397 g/mol. The summed E-state index contributed by atoms with van der Waals surface area (Å²) >= 11 is 2.35. The summed E-state index contributed by atoms with van der Waals surface area (Å²) in [5.74, 6) is 0. The van der Waals surface area contributed by atoms with Gasteiger partial charge < -0.3 is 0 Å². The Bertz CT molecular complexity index is 192. The summed E-state index contributed by atoms with van der Waals surface area (Å²) in [6.45, 7) is 9.74. The summed E-state index contributed by atoms with van der Waals surface area (Å²) in [4.78, 5) is 0. The normalized spacial score (nSPS) is 13.7. The van der Waals surface area contributed by atoms with Crippen molar-refractivity contribution in [3.05, 3.63) is 0 Å². The van der Waals surface area contributed by atoms with Crippen molar-refractivity contribution in [1.82, 2.24) is 3.53 Å². The maximum atomic E-state index is 3.48. The molecule has 1 N–H and O–H groups in total. The van der Waals surface area contributed by atoms with Gasteiger partial charge in [0, 0.05) is 37.0 Å². The van der Waals surface area contributed by atoms with E-state index in [1.165, 1.54) is 70.3 Å². The van der Waals surface area contributed by atoms with E-state index in [4.69, 9.17) is 0 Å². The molecule has 0 saturated carbocycles. The van der Waals surface area contributed by atoms with Crippen molar-refractivity contribution in [2.75, 3.05) is 0 Å². The number of halogens is 1. The van der Waals surface area contributed by atoms with Crippen LogP contribution in [-0.2, 0) is 0 Å². The minimum Gasteiger partial charge on any atom is -0.258 e. The van der Waals surface area contributed by atoms with Crippen molar-refractivity contribution in [2.24, 2.45) is 0 Å². The van der Waals surface area contributed by atoms with Gasteiger partial charge in [0.05, 0.1) is 0 Å². The Kier molecular flexibility index (Phi) is 13.2. The molecule has 0 aliphatic heterocycles. The predicted octanol–water partition coefficient (Wildman–Crippen LogP) is 6.55. The van der Waals surface area contributed by atoms with Crippen LogP contribution >= 0.6 is 22.9 Å². The first kappa shape index (κ1) is 19.9. The highest BCUT2D eigenvalue weighted by Crippen LogP contribution is 2.17. The fourth-order valence-corrected chi connectivity index (χ4v) is 4.40. The van der Waals surface area contributed by atoms with Gasteiger partial charge in [0.2, 0.25) is 0 Å². The molecule has 0 fully saturated rings. The first-order valence-electron chi connectivity index (χ1n) is 8.35. The fraction of sp³-hybridized carbons (Fsp3) is 1.00. The van der Waals surface area contributed by atoms with Gasteiger partial charge in [0.15, 0.2) is 0 Å². The van der Waals surface area contributed by atoms with E-state index in [1.807, 2.05) is 0 Å². The summed E-state index contributed by atoms with van der Waals surface area (Å²) in [6.07, 6.45) is 14.1. The van der Waals surface area contributed by atoms with E-state index in [0.717, 1.165) is 6.04 Å². The third-order valence-electron chi connectivity index (χ3n) is 3.79. The van der Waals surface area contributed by atoms with Gasteiger partial charge in [0.25, 0.3) is 0 Å². The van der Waals surface area contributed by atoms with Gasteiger partial charge >= 0.3 is 0 Å². The van der Waals surface area contributed by atoms with Crippen LogP contribution in [0.15, 0.2) is 0 Å². The van der Waals surface area contributed by atoms with Crippen LogP contribution in [0.1, 0.15) is 71.1 Å². The topological polar surface area (TPSA) is 12.0 Å². The third kappa shape index (κ3) is 15.1. The summed E-state index contributed by atoms with van der Waals surface area (Å²) in [5, 5.41) is 0. The zero-order valence-electron chi connectivity index (χ0n) is 13.7. The Morgan fingerprint density at radius 3 is 1.89 bits per heavy atom. The van der Waals surface area contributed by atoms with Crippen LogP contribution in [0.5, 0.6) is 0 Å². The van der Waals surface area contributed by atoms with Crippen LogP contribution < -0.4 is 3.53 Å². The summed E-state index contributed by atoms with van der Waals surface area (Å²) in [6, 6.07) is 2.26. The van der Waals surface area contributed by atoms with Crippen molar-refractivity contribution in [3.8, 4) is 0 Å². The largest absolute Gasteiger partial charge is 0.258 e. The molecular formula is C16H36INSi. The molecule has 0 aromatic carbocycles. The van der Waals surface area contributed by atoms with Gasteiger partial charge in [-0.25, -0.2) is 0 Å². The SMILES string of the molecule is CCCCCCCCC(CCCC[Si](C)(C)C)NI. The van der Waals surface area contributed by atoms with Crippen molar-refractivity contribution >= 4 is 30.9 Å². The Hall–Kier alpha value is 0.907. The van der Waals surface area contributed by atoms with Gasteiger partial charge in [-0.1, -0.05) is 84.0 Å². The molecular weight excluding hydrogens is 361 g/mol. The number of nitrogens with one attached hydrogen (secondary N) is 1. The molecule has 0 amide bonds. The lowest BCUT2D eigenvalue weighted by atomic mass is 10.0. The first-order chi connectivity index (χ1) is 8.99. The molecule has 19 heavy (non-hydrogen) atoms. The maximum absolute atomic E-state index is 3.48. The van der Waals surface area contributed by atoms with E-state index in [9.17, 15) is 0 Å². The highest BCUT2D eigenvalue weighted by atomic mass is 127. The Morgan fingerprint density at radius 1 is 0.842 bits per heavy atom. The fourth-order valence-electron chi connectivity index (χ4n) is 2.47. The van der Waals surface area contributed by atoms with E-state index in [0.29, 0.717) is 0 Å². The molecule has 0 aromatic rings. The van der Waals surface area contributed by atoms with E-state index < -0.39 is 8.07 Å². The molecule has 0 bridgehead atoms. The van der Waals surface area contributed by atoms with Crippen LogP contribution in [0, 0.1) is 0 Å². The lowest BCUT2D eigenvalue weighted by Crippen LogP contribution is -2.21. The summed E-state index contributed by atoms with van der Waals surface area (Å²) < 4.78 is 3.48. The zero-order valence-corrected chi connectivity index (χ0v) is 16.9. The minimum atomic E-state index is -0.806. The smallest absolute Gasteiger partial charge is 0.0442 e. The molecule has 0 aromatic heterocycles. The van der Waals surface area contributed by atoms with Gasteiger partial charge in [-0.2, -0.15) is 0 Å². The second kappa shape index (κ2) is 12.6. The van der Waals surface area contributed by atoms with Gasteiger partial charge in [0.1, 0.15) is 0 Å². The molecule has 3 heteroatoms. The zero-order chi connectivity index (χ0) is 14.6. The van der Waals surface area contributed by atoms with Crippen molar-refractivity contribution in [1.29, 1.82) is 0 Å². The highest BCUT2D eigenvalue weighted by Gasteiger charge is 2.12. The van der Waals surface area contributed by atoms with E-state index in [2.05, 4.69) is 53.0 Å². The molecule has 1 unspecified atom stereocenters. The number of hydrogen-bond acceptors (Lipinski definition) is 1. The number of unbranched alkanes of at least 4 members (excludes halogenated alkanes) is 6. The van der Waals surface area contributed by atoms with Crippen molar-refractivity contribution < 1.29 is 0 Å². The molecule has 0 heterocycles. The molecule has 0 saturated heterocycles. The molecule has 116 valence electrons. The Labute approximate surface area is 137 Å². The van der Waals surface area contributed by atoms with Crippen LogP contribution in [0.3, 0.4) is 0 Å². The van der Waals surface area contributed by atoms with Gasteiger partial charge in [-0.05, 0) is 12.8 Å². The van der Waals surface area contributed by atoms with Gasteiger partial charge in [-0.15, -0.1) is 0 Å². The molecule has 0 aliphatic rings. The lowest BCUT2D eigenvalue weighted by Gasteiger charge is -2.18. The first-order valence-corrected chi connectivity index (χ1v) is 13.1. The molecule has 1 nitrogen and oxygen atoms in total. The molecule has 0 rings (SSSR count). The van der Waals surface area contributed by atoms with Crippen LogP contribution in [0.2, 0.25) is 25.7 Å². The van der Waals surface area contributed by atoms with E-state index in [1.54, 1.807) is 0 Å². The maximum Gasteiger partial charge on any atom is 0.0442 e. The second-order valence-electron chi connectivity index (χ2n) is 7.17. The Morgan fingerprint density at radius 2 is 1.37 bits per heavy atom. The van der Waals surface area contributed by atoms with Crippen LogP contribution in [-0.4, -0.2) is 14.1 Å². The number of hydrogen-bond donors (Lipinski definition) is 1. The quantitative estimate of drug-likeness (QED) is 0.161. The standard InChI is InChI=1S/C16H36INSi/c1-5-6-7-8-9-10-13-16(18-17)14-11-12-15-19(2,3)4/h16,18H,5-15H2,1-4H3. The van der Waals surface area contributed by atoms with Gasteiger partial charge in [-0.3, -0.25) is 3.53 Å². The predicted molar refractivity (Wildman–Crippen MR) is 101 cm³/mol. The van der Waals surface area contributed by atoms with E-state index in [-0.39, 0.29) is 0 Å².